The second-order valence-electron chi connectivity index (χ2n) is 6.84. The SMILES string of the molecule is CCc1nn(C)c(CC)c1CNC(=NC)N1CCN(C(C)C(F)(F)F)CC1.I. The number of aromatic nitrogens is 2. The van der Waals surface area contributed by atoms with Crippen molar-refractivity contribution in [3.05, 3.63) is 17.0 Å². The lowest BCUT2D eigenvalue weighted by atomic mass is 10.1. The van der Waals surface area contributed by atoms with Crippen molar-refractivity contribution in [2.75, 3.05) is 33.2 Å². The zero-order valence-electron chi connectivity index (χ0n) is 17.3. The monoisotopic (exact) mass is 516 g/mol. The zero-order valence-corrected chi connectivity index (χ0v) is 19.6. The normalized spacial score (nSPS) is 17.4. The molecule has 28 heavy (non-hydrogen) atoms. The first-order valence-electron chi connectivity index (χ1n) is 9.52. The molecule has 1 unspecified atom stereocenters. The predicted molar refractivity (Wildman–Crippen MR) is 116 cm³/mol. The molecule has 0 spiro atoms. The van der Waals surface area contributed by atoms with E-state index in [1.807, 2.05) is 16.6 Å². The molecule has 1 aromatic rings. The number of aliphatic imine (C=N–C) groups is 1. The summed E-state index contributed by atoms with van der Waals surface area (Å²) in [5.74, 6) is 0.724. The van der Waals surface area contributed by atoms with Crippen LogP contribution < -0.4 is 5.32 Å². The number of hydrogen-bond donors (Lipinski definition) is 1. The lowest BCUT2D eigenvalue weighted by Crippen LogP contribution is -2.56. The van der Waals surface area contributed by atoms with E-state index in [0.29, 0.717) is 32.7 Å². The highest BCUT2D eigenvalue weighted by atomic mass is 127. The Kier molecular flexibility index (Phi) is 9.51. The molecule has 0 amide bonds. The molecule has 1 fully saturated rings. The number of nitrogens with one attached hydrogen (secondary N) is 1. The van der Waals surface area contributed by atoms with Gasteiger partial charge in [0, 0.05) is 58.1 Å². The summed E-state index contributed by atoms with van der Waals surface area (Å²) in [7, 11) is 3.66. The van der Waals surface area contributed by atoms with Gasteiger partial charge in [-0.05, 0) is 19.8 Å². The molecule has 0 saturated carbocycles. The summed E-state index contributed by atoms with van der Waals surface area (Å²) >= 11 is 0. The molecule has 2 heterocycles. The van der Waals surface area contributed by atoms with Gasteiger partial charge in [0.1, 0.15) is 6.04 Å². The van der Waals surface area contributed by atoms with Crippen LogP contribution in [0.3, 0.4) is 0 Å². The molecule has 0 aliphatic carbocycles. The molecule has 1 N–H and O–H groups in total. The maximum absolute atomic E-state index is 12.9. The average molecular weight is 516 g/mol. The van der Waals surface area contributed by atoms with Crippen LogP contribution in [0, 0.1) is 0 Å². The van der Waals surface area contributed by atoms with Gasteiger partial charge in [0.25, 0.3) is 0 Å². The number of hydrogen-bond acceptors (Lipinski definition) is 3. The molecule has 1 aliphatic heterocycles. The molecule has 1 aromatic heterocycles. The summed E-state index contributed by atoms with van der Waals surface area (Å²) in [5, 5.41) is 7.95. The van der Waals surface area contributed by atoms with Crippen LogP contribution in [0.5, 0.6) is 0 Å². The van der Waals surface area contributed by atoms with Crippen molar-refractivity contribution in [3.63, 3.8) is 0 Å². The molecule has 1 saturated heterocycles. The number of piperazine rings is 1. The lowest BCUT2D eigenvalue weighted by molar-refractivity contribution is -0.181. The largest absolute Gasteiger partial charge is 0.403 e. The fourth-order valence-electron chi connectivity index (χ4n) is 3.62. The molecule has 1 atom stereocenters. The lowest BCUT2D eigenvalue weighted by Gasteiger charge is -2.39. The second kappa shape index (κ2) is 10.7. The van der Waals surface area contributed by atoms with Crippen molar-refractivity contribution >= 4 is 29.9 Å². The molecule has 0 aromatic carbocycles. The molecule has 0 bridgehead atoms. The minimum Gasteiger partial charge on any atom is -0.352 e. The predicted octanol–water partition coefficient (Wildman–Crippen LogP) is 2.81. The minimum atomic E-state index is -4.19. The van der Waals surface area contributed by atoms with Crippen molar-refractivity contribution < 1.29 is 13.2 Å². The van der Waals surface area contributed by atoms with Gasteiger partial charge in [-0.3, -0.25) is 14.6 Å². The van der Waals surface area contributed by atoms with Gasteiger partial charge in [-0.25, -0.2) is 0 Å². The smallest absolute Gasteiger partial charge is 0.352 e. The Morgan fingerprint density at radius 2 is 1.79 bits per heavy atom. The van der Waals surface area contributed by atoms with E-state index in [-0.39, 0.29) is 24.0 Å². The standard InChI is InChI=1S/C18H31F3N6.HI/c1-6-15-14(16(7-2)25(5)24-15)12-23-17(22-4)27-10-8-26(9-11-27)13(3)18(19,20)21;/h13H,6-12H2,1-5H3,(H,22,23);1H. The van der Waals surface area contributed by atoms with E-state index < -0.39 is 12.2 Å². The van der Waals surface area contributed by atoms with Crippen molar-refractivity contribution in [1.29, 1.82) is 0 Å². The van der Waals surface area contributed by atoms with E-state index >= 15 is 0 Å². The number of aryl methyl sites for hydroxylation is 2. The molecule has 0 radical (unpaired) electrons. The molecule has 6 nitrogen and oxygen atoms in total. The van der Waals surface area contributed by atoms with E-state index in [2.05, 4.69) is 29.3 Å². The van der Waals surface area contributed by atoms with Crippen LogP contribution in [0.15, 0.2) is 4.99 Å². The Labute approximate surface area is 182 Å². The first-order valence-corrected chi connectivity index (χ1v) is 9.52. The Hall–Kier alpha value is -1.04. The fraction of sp³-hybridized carbons (Fsp3) is 0.778. The molecule has 162 valence electrons. The fourth-order valence-corrected chi connectivity index (χ4v) is 3.62. The molecule has 1 aliphatic rings. The van der Waals surface area contributed by atoms with Gasteiger partial charge in [0.2, 0.25) is 0 Å². The summed E-state index contributed by atoms with van der Waals surface area (Å²) in [6.07, 6.45) is -2.43. The van der Waals surface area contributed by atoms with E-state index in [1.165, 1.54) is 23.1 Å². The van der Waals surface area contributed by atoms with Gasteiger partial charge in [0.15, 0.2) is 5.96 Å². The van der Waals surface area contributed by atoms with Crippen molar-refractivity contribution in [3.8, 4) is 0 Å². The van der Waals surface area contributed by atoms with Crippen LogP contribution in [-0.2, 0) is 26.4 Å². The number of nitrogens with zero attached hydrogens (tertiary/aromatic N) is 5. The summed E-state index contributed by atoms with van der Waals surface area (Å²) < 4.78 is 40.7. The first kappa shape index (κ1) is 25.0. The van der Waals surface area contributed by atoms with Crippen molar-refractivity contribution in [2.45, 2.75) is 52.4 Å². The quantitative estimate of drug-likeness (QED) is 0.372. The van der Waals surface area contributed by atoms with Crippen LogP contribution in [-0.4, -0.2) is 71.0 Å². The third kappa shape index (κ3) is 5.74. The molecular weight excluding hydrogens is 484 g/mol. The second-order valence-corrected chi connectivity index (χ2v) is 6.84. The van der Waals surface area contributed by atoms with Crippen LogP contribution in [0.2, 0.25) is 0 Å². The molecular formula is C18H32F3IN6. The van der Waals surface area contributed by atoms with E-state index in [9.17, 15) is 13.2 Å². The van der Waals surface area contributed by atoms with Crippen LogP contribution in [0.4, 0.5) is 13.2 Å². The van der Waals surface area contributed by atoms with Crippen LogP contribution >= 0.6 is 24.0 Å². The minimum absolute atomic E-state index is 0. The van der Waals surface area contributed by atoms with Crippen molar-refractivity contribution in [2.24, 2.45) is 12.0 Å². The molecule has 2 rings (SSSR count). The number of rotatable bonds is 5. The highest BCUT2D eigenvalue weighted by Crippen LogP contribution is 2.25. The average Bonchev–Trinajstić information content (AvgIpc) is 2.96. The first-order chi connectivity index (χ1) is 12.7. The highest BCUT2D eigenvalue weighted by molar-refractivity contribution is 14.0. The Morgan fingerprint density at radius 1 is 1.18 bits per heavy atom. The Morgan fingerprint density at radius 3 is 2.25 bits per heavy atom. The number of guanidine groups is 1. The Bertz CT molecular complexity index is 650. The maximum Gasteiger partial charge on any atom is 0.403 e. The van der Waals surface area contributed by atoms with E-state index in [1.54, 1.807) is 7.05 Å². The van der Waals surface area contributed by atoms with Crippen LogP contribution in [0.1, 0.15) is 37.7 Å². The number of halogens is 4. The Balaban J connectivity index is 0.00000392. The summed E-state index contributed by atoms with van der Waals surface area (Å²) in [6.45, 7) is 7.82. The van der Waals surface area contributed by atoms with Gasteiger partial charge < -0.3 is 10.2 Å². The van der Waals surface area contributed by atoms with Crippen LogP contribution in [0.25, 0.3) is 0 Å². The van der Waals surface area contributed by atoms with E-state index in [4.69, 9.17) is 0 Å². The third-order valence-electron chi connectivity index (χ3n) is 5.30. The highest BCUT2D eigenvalue weighted by Gasteiger charge is 2.41. The summed E-state index contributed by atoms with van der Waals surface area (Å²) in [4.78, 5) is 7.83. The van der Waals surface area contributed by atoms with Gasteiger partial charge in [-0.2, -0.15) is 18.3 Å². The van der Waals surface area contributed by atoms with Gasteiger partial charge in [0.05, 0.1) is 5.69 Å². The van der Waals surface area contributed by atoms with Gasteiger partial charge in [-0.1, -0.05) is 13.8 Å². The topological polar surface area (TPSA) is 48.7 Å². The van der Waals surface area contributed by atoms with Gasteiger partial charge >= 0.3 is 6.18 Å². The zero-order chi connectivity index (χ0) is 20.2. The number of alkyl halides is 3. The third-order valence-corrected chi connectivity index (χ3v) is 5.30. The summed E-state index contributed by atoms with van der Waals surface area (Å²) in [6, 6.07) is -1.41. The summed E-state index contributed by atoms with van der Waals surface area (Å²) in [5.41, 5.74) is 3.45. The van der Waals surface area contributed by atoms with E-state index in [0.717, 1.165) is 24.5 Å². The van der Waals surface area contributed by atoms with Gasteiger partial charge in [-0.15, -0.1) is 24.0 Å². The molecule has 10 heteroatoms. The maximum atomic E-state index is 12.9. The van der Waals surface area contributed by atoms with Crippen molar-refractivity contribution in [1.82, 2.24) is 24.9 Å².